The normalized spacial score (nSPS) is 18.6. The van der Waals surface area contributed by atoms with Crippen LogP contribution in [0.1, 0.15) is 30.0 Å². The zero-order valence-electron chi connectivity index (χ0n) is 10.7. The van der Waals surface area contributed by atoms with Crippen LogP contribution in [-0.4, -0.2) is 31.3 Å². The maximum Gasteiger partial charge on any atom is 0.261 e. The van der Waals surface area contributed by atoms with Crippen LogP contribution in [0.3, 0.4) is 0 Å². The van der Waals surface area contributed by atoms with Crippen molar-refractivity contribution in [2.24, 2.45) is 0 Å². The molecule has 0 saturated carbocycles. The lowest BCUT2D eigenvalue weighted by atomic mass is 9.87. The van der Waals surface area contributed by atoms with Gasteiger partial charge in [-0.3, -0.25) is 0 Å². The molecule has 0 fully saturated rings. The first-order chi connectivity index (χ1) is 9.16. The van der Waals surface area contributed by atoms with Crippen LogP contribution in [0.25, 0.3) is 0 Å². The van der Waals surface area contributed by atoms with E-state index in [-0.39, 0.29) is 12.6 Å². The minimum absolute atomic E-state index is 0.222. The minimum Gasteiger partial charge on any atom is -0.508 e. The number of aryl methyl sites for hydroxylation is 1. The van der Waals surface area contributed by atoms with Gasteiger partial charge in [0.05, 0.1) is 6.61 Å². The summed E-state index contributed by atoms with van der Waals surface area (Å²) in [5.74, 6) is 0.291. The van der Waals surface area contributed by atoms with Crippen molar-refractivity contribution in [2.75, 3.05) is 19.8 Å². The van der Waals surface area contributed by atoms with Crippen molar-refractivity contribution in [1.29, 1.82) is 0 Å². The van der Waals surface area contributed by atoms with E-state index in [9.17, 15) is 13.9 Å². The Balaban J connectivity index is 1.82. The fourth-order valence-corrected chi connectivity index (χ4v) is 2.49. The molecule has 2 N–H and O–H groups in total. The van der Waals surface area contributed by atoms with Gasteiger partial charge in [0.25, 0.3) is 6.43 Å². The van der Waals surface area contributed by atoms with Gasteiger partial charge < -0.3 is 15.2 Å². The lowest BCUT2D eigenvalue weighted by Crippen LogP contribution is -2.28. The Morgan fingerprint density at radius 2 is 2.26 bits per heavy atom. The molecule has 1 unspecified atom stereocenters. The van der Waals surface area contributed by atoms with Gasteiger partial charge in [-0.25, -0.2) is 8.78 Å². The molecule has 0 aromatic heterocycles. The Hall–Kier alpha value is -1.20. The number of rotatable bonds is 6. The van der Waals surface area contributed by atoms with Crippen molar-refractivity contribution in [3.05, 3.63) is 29.3 Å². The summed E-state index contributed by atoms with van der Waals surface area (Å²) in [6, 6.07) is 5.64. The number of hydrogen-bond donors (Lipinski definition) is 2. The summed E-state index contributed by atoms with van der Waals surface area (Å²) in [6.07, 6.45) is 0.654. The van der Waals surface area contributed by atoms with Crippen LogP contribution in [-0.2, 0) is 11.2 Å². The number of hydrogen-bond acceptors (Lipinski definition) is 3. The average molecular weight is 271 g/mol. The van der Waals surface area contributed by atoms with Crippen molar-refractivity contribution in [3.8, 4) is 5.75 Å². The smallest absolute Gasteiger partial charge is 0.261 e. The van der Waals surface area contributed by atoms with Crippen molar-refractivity contribution in [2.45, 2.75) is 31.7 Å². The van der Waals surface area contributed by atoms with Gasteiger partial charge in [-0.1, -0.05) is 6.07 Å². The fraction of sp³-hybridized carbons (Fsp3) is 0.571. The largest absolute Gasteiger partial charge is 0.508 e. The number of nitrogens with one attached hydrogen (secondary N) is 1. The average Bonchev–Trinajstić information content (AvgIpc) is 2.37. The van der Waals surface area contributed by atoms with E-state index in [1.54, 1.807) is 12.1 Å². The standard InChI is InChI=1S/C14H19F2NO2/c15-14(16)9-19-7-6-17-13-3-1-2-10-8-11(18)4-5-12(10)13/h4-5,8,13-14,17-18H,1-3,6-7,9H2. The second-order valence-corrected chi connectivity index (χ2v) is 4.75. The highest BCUT2D eigenvalue weighted by Crippen LogP contribution is 2.31. The maximum atomic E-state index is 11.9. The summed E-state index contributed by atoms with van der Waals surface area (Å²) in [7, 11) is 0. The molecule has 0 heterocycles. The van der Waals surface area contributed by atoms with Crippen molar-refractivity contribution < 1.29 is 18.6 Å². The monoisotopic (exact) mass is 271 g/mol. The summed E-state index contributed by atoms with van der Waals surface area (Å²) >= 11 is 0. The first-order valence-electron chi connectivity index (χ1n) is 6.58. The van der Waals surface area contributed by atoms with Gasteiger partial charge in [0.2, 0.25) is 0 Å². The minimum atomic E-state index is -2.40. The first kappa shape index (κ1) is 14.2. The van der Waals surface area contributed by atoms with Crippen molar-refractivity contribution in [3.63, 3.8) is 0 Å². The van der Waals surface area contributed by atoms with Crippen molar-refractivity contribution >= 4 is 0 Å². The van der Waals surface area contributed by atoms with Gasteiger partial charge in [-0.2, -0.15) is 0 Å². The molecule has 1 aliphatic carbocycles. The Morgan fingerprint density at radius 1 is 1.42 bits per heavy atom. The molecular weight excluding hydrogens is 252 g/mol. The van der Waals surface area contributed by atoms with E-state index in [1.165, 1.54) is 5.56 Å². The molecule has 19 heavy (non-hydrogen) atoms. The van der Waals surface area contributed by atoms with Crippen LogP contribution < -0.4 is 5.32 Å². The molecule has 0 radical (unpaired) electrons. The summed E-state index contributed by atoms with van der Waals surface area (Å²) < 4.78 is 28.6. The maximum absolute atomic E-state index is 11.9. The number of benzene rings is 1. The summed E-state index contributed by atoms with van der Waals surface area (Å²) in [5, 5.41) is 12.8. The van der Waals surface area contributed by atoms with Gasteiger partial charge >= 0.3 is 0 Å². The number of phenols is 1. The van der Waals surface area contributed by atoms with Crippen LogP contribution in [0.2, 0.25) is 0 Å². The third-order valence-corrected chi connectivity index (χ3v) is 3.32. The van der Waals surface area contributed by atoms with Crippen LogP contribution in [0, 0.1) is 0 Å². The van der Waals surface area contributed by atoms with Gasteiger partial charge in [0.1, 0.15) is 12.4 Å². The van der Waals surface area contributed by atoms with Crippen LogP contribution in [0.15, 0.2) is 18.2 Å². The molecule has 0 aliphatic heterocycles. The van der Waals surface area contributed by atoms with Gasteiger partial charge in [-0.05, 0) is 42.5 Å². The molecule has 5 heteroatoms. The highest BCUT2D eigenvalue weighted by molar-refractivity contribution is 5.38. The lowest BCUT2D eigenvalue weighted by molar-refractivity contribution is 0.0181. The van der Waals surface area contributed by atoms with Gasteiger partial charge in [-0.15, -0.1) is 0 Å². The third kappa shape index (κ3) is 4.14. The lowest BCUT2D eigenvalue weighted by Gasteiger charge is -2.26. The molecule has 1 aromatic carbocycles. The molecular formula is C14H19F2NO2. The number of alkyl halides is 2. The number of fused-ring (bicyclic) bond motifs is 1. The summed E-state index contributed by atoms with van der Waals surface area (Å²) in [4.78, 5) is 0. The fourth-order valence-electron chi connectivity index (χ4n) is 2.49. The topological polar surface area (TPSA) is 41.5 Å². The van der Waals surface area contributed by atoms with E-state index < -0.39 is 13.0 Å². The Bertz CT molecular complexity index is 412. The summed E-state index contributed by atoms with van der Waals surface area (Å²) in [5.41, 5.74) is 2.36. The highest BCUT2D eigenvalue weighted by Gasteiger charge is 2.19. The predicted octanol–water partition coefficient (Wildman–Crippen LogP) is 2.64. The number of halogens is 2. The van der Waals surface area contributed by atoms with E-state index in [2.05, 4.69) is 5.32 Å². The second kappa shape index (κ2) is 6.82. The zero-order chi connectivity index (χ0) is 13.7. The van der Waals surface area contributed by atoms with Gasteiger partial charge in [0, 0.05) is 12.6 Å². The van der Waals surface area contributed by atoms with E-state index >= 15 is 0 Å². The van der Waals surface area contributed by atoms with Crippen LogP contribution in [0.4, 0.5) is 8.78 Å². The van der Waals surface area contributed by atoms with Crippen LogP contribution >= 0.6 is 0 Å². The molecule has 3 nitrogen and oxygen atoms in total. The van der Waals surface area contributed by atoms with E-state index in [0.717, 1.165) is 24.8 Å². The highest BCUT2D eigenvalue weighted by atomic mass is 19.3. The van der Waals surface area contributed by atoms with E-state index in [1.807, 2.05) is 6.07 Å². The molecule has 1 aromatic rings. The molecule has 2 rings (SSSR count). The molecule has 0 bridgehead atoms. The van der Waals surface area contributed by atoms with Crippen LogP contribution in [0.5, 0.6) is 5.75 Å². The summed E-state index contributed by atoms with van der Waals surface area (Å²) in [6.45, 7) is 0.336. The Morgan fingerprint density at radius 3 is 3.05 bits per heavy atom. The van der Waals surface area contributed by atoms with Gasteiger partial charge in [0.15, 0.2) is 0 Å². The zero-order valence-corrected chi connectivity index (χ0v) is 10.7. The second-order valence-electron chi connectivity index (χ2n) is 4.75. The molecule has 106 valence electrons. The first-order valence-corrected chi connectivity index (χ1v) is 6.58. The molecule has 1 aliphatic rings. The Kier molecular flexibility index (Phi) is 5.10. The third-order valence-electron chi connectivity index (χ3n) is 3.32. The molecule has 0 amide bonds. The van der Waals surface area contributed by atoms with E-state index in [4.69, 9.17) is 4.74 Å². The molecule has 0 saturated heterocycles. The number of ether oxygens (including phenoxy) is 1. The van der Waals surface area contributed by atoms with Crippen molar-refractivity contribution in [1.82, 2.24) is 5.32 Å². The predicted molar refractivity (Wildman–Crippen MR) is 68.6 cm³/mol. The quantitative estimate of drug-likeness (QED) is 0.782. The number of phenolic OH excluding ortho intramolecular Hbond substituents is 1. The van der Waals surface area contributed by atoms with E-state index in [0.29, 0.717) is 12.3 Å². The Labute approximate surface area is 111 Å². The SMILES string of the molecule is Oc1ccc2c(c1)CCCC2NCCOCC(F)F. The number of aromatic hydroxyl groups is 1. The molecule has 1 atom stereocenters. The molecule has 0 spiro atoms.